The summed E-state index contributed by atoms with van der Waals surface area (Å²) in [7, 11) is 0. The van der Waals surface area contributed by atoms with Crippen molar-refractivity contribution < 1.29 is 4.79 Å². The van der Waals surface area contributed by atoms with Gasteiger partial charge >= 0.3 is 0 Å². The molecule has 3 aromatic rings. The summed E-state index contributed by atoms with van der Waals surface area (Å²) in [6.07, 6.45) is 6.58. The molecule has 1 aliphatic heterocycles. The van der Waals surface area contributed by atoms with Crippen LogP contribution in [0.15, 0.2) is 42.0 Å². The van der Waals surface area contributed by atoms with Gasteiger partial charge in [0.15, 0.2) is 5.65 Å². The lowest BCUT2D eigenvalue weighted by Gasteiger charge is -2.32. The number of nitrogens with one attached hydrogen (secondary N) is 3. The number of hydrogen-bond acceptors (Lipinski definition) is 6. The topological polar surface area (TPSA) is 133 Å². The Morgan fingerprint density at radius 2 is 2.29 bits per heavy atom. The van der Waals surface area contributed by atoms with Crippen molar-refractivity contribution in [2.75, 3.05) is 24.1 Å². The number of amides is 1. The number of aromatic amines is 2. The zero-order valence-corrected chi connectivity index (χ0v) is 15.2. The number of likely N-dealkylation sites (tertiary alicyclic amines) is 1. The van der Waals surface area contributed by atoms with Crippen LogP contribution in [0.5, 0.6) is 0 Å². The Kier molecular flexibility index (Phi) is 4.56. The number of nitrogen functional groups attached to an aromatic ring is 1. The Hall–Kier alpha value is -3.62. The van der Waals surface area contributed by atoms with E-state index in [-0.39, 0.29) is 17.5 Å². The van der Waals surface area contributed by atoms with Crippen LogP contribution < -0.4 is 16.6 Å². The van der Waals surface area contributed by atoms with Crippen LogP contribution >= 0.6 is 0 Å². The van der Waals surface area contributed by atoms with E-state index in [1.807, 2.05) is 0 Å². The van der Waals surface area contributed by atoms with Gasteiger partial charge in [-0.1, -0.05) is 6.58 Å². The highest BCUT2D eigenvalue weighted by Crippen LogP contribution is 2.26. The lowest BCUT2D eigenvalue weighted by atomic mass is 10.1. The Bertz CT molecular complexity index is 1100. The van der Waals surface area contributed by atoms with E-state index in [1.54, 1.807) is 23.4 Å². The van der Waals surface area contributed by atoms with E-state index >= 15 is 0 Å². The third-order valence-electron chi connectivity index (χ3n) is 4.80. The van der Waals surface area contributed by atoms with E-state index in [0.717, 1.165) is 19.4 Å². The molecule has 1 aliphatic rings. The molecule has 1 fully saturated rings. The summed E-state index contributed by atoms with van der Waals surface area (Å²) in [5, 5.41) is 3.36. The molecule has 144 valence electrons. The van der Waals surface area contributed by atoms with E-state index in [0.29, 0.717) is 40.5 Å². The number of H-pyrrole nitrogens is 2. The number of nitrogens with zero attached hydrogens (tertiary/aromatic N) is 3. The van der Waals surface area contributed by atoms with E-state index < -0.39 is 0 Å². The van der Waals surface area contributed by atoms with Crippen molar-refractivity contribution in [3.8, 4) is 11.3 Å². The minimum atomic E-state index is -0.277. The van der Waals surface area contributed by atoms with Crippen LogP contribution in [0.2, 0.25) is 0 Å². The third-order valence-corrected chi connectivity index (χ3v) is 4.80. The molecule has 9 nitrogen and oxygen atoms in total. The first-order valence-electron chi connectivity index (χ1n) is 9.05. The Morgan fingerprint density at radius 1 is 1.43 bits per heavy atom. The number of fused-ring (bicyclic) bond motifs is 1. The summed E-state index contributed by atoms with van der Waals surface area (Å²) in [4.78, 5) is 40.3. The average molecular weight is 379 g/mol. The fraction of sp³-hybridized carbons (Fsp3) is 0.263. The number of pyridine rings is 1. The molecule has 0 saturated carbocycles. The Balaban J connectivity index is 1.62. The molecule has 1 amide bonds. The summed E-state index contributed by atoms with van der Waals surface area (Å²) in [6.45, 7) is 4.88. The van der Waals surface area contributed by atoms with E-state index in [4.69, 9.17) is 5.73 Å². The van der Waals surface area contributed by atoms with Crippen LogP contribution in [0.1, 0.15) is 12.8 Å². The summed E-state index contributed by atoms with van der Waals surface area (Å²) in [5.41, 5.74) is 8.41. The fourth-order valence-corrected chi connectivity index (χ4v) is 3.51. The Morgan fingerprint density at radius 3 is 3.07 bits per heavy atom. The van der Waals surface area contributed by atoms with Crippen LogP contribution in [0.25, 0.3) is 22.4 Å². The summed E-state index contributed by atoms with van der Waals surface area (Å²) in [6, 6.07) is 3.10. The van der Waals surface area contributed by atoms with Crippen molar-refractivity contribution in [2.45, 2.75) is 18.9 Å². The molecular formula is C19H21N7O2. The van der Waals surface area contributed by atoms with Crippen molar-refractivity contribution in [1.82, 2.24) is 24.8 Å². The first-order valence-corrected chi connectivity index (χ1v) is 9.05. The highest BCUT2D eigenvalue weighted by atomic mass is 16.2. The smallest absolute Gasteiger partial charge is 0.250 e. The molecule has 9 heteroatoms. The van der Waals surface area contributed by atoms with Crippen molar-refractivity contribution >= 4 is 28.6 Å². The molecule has 4 rings (SSSR count). The van der Waals surface area contributed by atoms with Crippen molar-refractivity contribution in [3.63, 3.8) is 0 Å². The predicted molar refractivity (Wildman–Crippen MR) is 108 cm³/mol. The number of carbonyl (C=O) groups is 1. The molecule has 4 heterocycles. The third kappa shape index (κ3) is 3.46. The number of aromatic nitrogens is 4. The SMILES string of the molecule is C=CC(=O)N1CCCC(Nc2cnc3[nH]cc(-c4cc(N)cc(=O)[nH]4)c3n2)C1. The minimum Gasteiger partial charge on any atom is -0.399 e. The number of carbonyl (C=O) groups excluding carboxylic acids is 1. The summed E-state index contributed by atoms with van der Waals surface area (Å²) in [5.74, 6) is 0.545. The molecule has 28 heavy (non-hydrogen) atoms. The maximum Gasteiger partial charge on any atom is 0.250 e. The van der Waals surface area contributed by atoms with Crippen LogP contribution in [0.4, 0.5) is 11.5 Å². The molecule has 3 aromatic heterocycles. The van der Waals surface area contributed by atoms with Gasteiger partial charge in [0.2, 0.25) is 11.5 Å². The highest BCUT2D eigenvalue weighted by Gasteiger charge is 2.22. The van der Waals surface area contributed by atoms with Gasteiger partial charge in [0.05, 0.1) is 11.9 Å². The van der Waals surface area contributed by atoms with Crippen LogP contribution in [0, 0.1) is 0 Å². The summed E-state index contributed by atoms with van der Waals surface area (Å²) < 4.78 is 0. The van der Waals surface area contributed by atoms with Crippen molar-refractivity contribution in [3.05, 3.63) is 47.5 Å². The normalized spacial score (nSPS) is 16.9. The van der Waals surface area contributed by atoms with Crippen molar-refractivity contribution in [2.24, 2.45) is 0 Å². The lowest BCUT2D eigenvalue weighted by Crippen LogP contribution is -2.44. The van der Waals surface area contributed by atoms with Crippen LogP contribution in [0.3, 0.4) is 0 Å². The molecule has 0 aliphatic carbocycles. The second kappa shape index (κ2) is 7.18. The van der Waals surface area contributed by atoms with Gasteiger partial charge in [-0.2, -0.15) is 0 Å². The molecule has 0 spiro atoms. The van der Waals surface area contributed by atoms with Gasteiger partial charge in [0.1, 0.15) is 11.3 Å². The number of nitrogens with two attached hydrogens (primary N) is 1. The quantitative estimate of drug-likeness (QED) is 0.508. The van der Waals surface area contributed by atoms with Gasteiger partial charge in [-0.05, 0) is 25.0 Å². The van der Waals surface area contributed by atoms with Crippen molar-refractivity contribution in [1.29, 1.82) is 0 Å². The van der Waals surface area contributed by atoms with Gasteiger partial charge in [-0.15, -0.1) is 0 Å². The number of hydrogen-bond donors (Lipinski definition) is 4. The standard InChI is InChI=1S/C19H21N7O2/c1-2-17(28)26-5-3-4-12(10-26)23-15-9-22-19-18(25-15)13(8-21-19)14-6-11(20)7-16(27)24-14/h2,6-9,12H,1,3-5,10H2,(H,21,22)(H,23,25)(H3,20,24,27). The monoisotopic (exact) mass is 379 g/mol. The first kappa shape index (κ1) is 17.8. The lowest BCUT2D eigenvalue weighted by molar-refractivity contribution is -0.127. The average Bonchev–Trinajstić information content (AvgIpc) is 3.10. The van der Waals surface area contributed by atoms with E-state index in [1.165, 1.54) is 12.1 Å². The van der Waals surface area contributed by atoms with Gasteiger partial charge in [0, 0.05) is 42.6 Å². The van der Waals surface area contributed by atoms with Gasteiger partial charge in [0.25, 0.3) is 0 Å². The number of anilines is 2. The summed E-state index contributed by atoms with van der Waals surface area (Å²) >= 11 is 0. The van der Waals surface area contributed by atoms with Crippen LogP contribution in [-0.4, -0.2) is 49.9 Å². The number of rotatable bonds is 4. The zero-order valence-electron chi connectivity index (χ0n) is 15.2. The zero-order chi connectivity index (χ0) is 19.7. The van der Waals surface area contributed by atoms with Crippen LogP contribution in [-0.2, 0) is 4.79 Å². The second-order valence-electron chi connectivity index (χ2n) is 6.82. The molecule has 0 bridgehead atoms. The second-order valence-corrected chi connectivity index (χ2v) is 6.82. The largest absolute Gasteiger partial charge is 0.399 e. The molecule has 1 saturated heterocycles. The highest BCUT2D eigenvalue weighted by molar-refractivity contribution is 5.90. The van der Waals surface area contributed by atoms with Gasteiger partial charge < -0.3 is 25.9 Å². The minimum absolute atomic E-state index is 0.0634. The fourth-order valence-electron chi connectivity index (χ4n) is 3.51. The van der Waals surface area contributed by atoms with E-state index in [2.05, 4.69) is 31.8 Å². The first-order chi connectivity index (χ1) is 13.5. The molecule has 0 radical (unpaired) electrons. The molecule has 1 unspecified atom stereocenters. The van der Waals surface area contributed by atoms with Gasteiger partial charge in [-0.25, -0.2) is 9.97 Å². The van der Waals surface area contributed by atoms with Gasteiger partial charge in [-0.3, -0.25) is 9.59 Å². The maximum absolute atomic E-state index is 11.9. The Labute approximate surface area is 160 Å². The molecule has 1 atom stereocenters. The predicted octanol–water partition coefficient (Wildman–Crippen LogP) is 1.48. The molecule has 0 aromatic carbocycles. The molecular weight excluding hydrogens is 358 g/mol. The van der Waals surface area contributed by atoms with E-state index in [9.17, 15) is 9.59 Å². The molecule has 5 N–H and O–H groups in total. The number of piperidine rings is 1. The maximum atomic E-state index is 11.9.